The number of aromatic nitrogens is 4. The minimum absolute atomic E-state index is 0.365. The van der Waals surface area contributed by atoms with Gasteiger partial charge in [0.15, 0.2) is 5.65 Å². The Balaban J connectivity index is 1.84. The normalized spacial score (nSPS) is 13.5. The SMILES string of the molecule is Cc1ccc2ncc(-c3cnn4c(N)c(Br)c(C(C)NC(=O)[C@H](C)O)nc34)cc2c1. The van der Waals surface area contributed by atoms with Gasteiger partial charge in [-0.25, -0.2) is 4.98 Å². The zero-order chi connectivity index (χ0) is 21.6. The third kappa shape index (κ3) is 3.50. The number of pyridine rings is 1. The summed E-state index contributed by atoms with van der Waals surface area (Å²) in [7, 11) is 0. The number of amides is 1. The van der Waals surface area contributed by atoms with Gasteiger partial charge in [0.25, 0.3) is 0 Å². The fourth-order valence-electron chi connectivity index (χ4n) is 3.30. The van der Waals surface area contributed by atoms with Crippen LogP contribution in [-0.2, 0) is 4.79 Å². The van der Waals surface area contributed by atoms with E-state index in [1.165, 1.54) is 6.92 Å². The molecule has 2 atom stereocenters. The number of carbonyl (C=O) groups is 1. The number of fused-ring (bicyclic) bond motifs is 2. The van der Waals surface area contributed by atoms with E-state index in [-0.39, 0.29) is 0 Å². The first kappa shape index (κ1) is 20.2. The van der Waals surface area contributed by atoms with Crippen LogP contribution in [0.4, 0.5) is 5.82 Å². The second-order valence-corrected chi connectivity index (χ2v) is 8.11. The van der Waals surface area contributed by atoms with E-state index in [1.807, 2.05) is 25.1 Å². The Bertz CT molecular complexity index is 1280. The lowest BCUT2D eigenvalue weighted by Gasteiger charge is -2.17. The molecule has 0 aliphatic heterocycles. The molecule has 154 valence electrons. The van der Waals surface area contributed by atoms with Crippen molar-refractivity contribution in [2.75, 3.05) is 5.73 Å². The van der Waals surface area contributed by atoms with Crippen LogP contribution < -0.4 is 11.1 Å². The third-order valence-electron chi connectivity index (χ3n) is 4.94. The van der Waals surface area contributed by atoms with Gasteiger partial charge in [-0.15, -0.1) is 0 Å². The Morgan fingerprint density at radius 1 is 1.27 bits per heavy atom. The fourth-order valence-corrected chi connectivity index (χ4v) is 3.90. The number of hydrogen-bond acceptors (Lipinski definition) is 6. The Hall–Kier alpha value is -3.04. The molecule has 1 aromatic carbocycles. The average molecular weight is 469 g/mol. The maximum Gasteiger partial charge on any atom is 0.249 e. The van der Waals surface area contributed by atoms with Gasteiger partial charge in [-0.2, -0.15) is 9.61 Å². The van der Waals surface area contributed by atoms with E-state index < -0.39 is 18.1 Å². The van der Waals surface area contributed by atoms with Gasteiger partial charge in [0.1, 0.15) is 11.9 Å². The predicted molar refractivity (Wildman–Crippen MR) is 119 cm³/mol. The monoisotopic (exact) mass is 468 g/mol. The van der Waals surface area contributed by atoms with E-state index in [4.69, 9.17) is 10.7 Å². The summed E-state index contributed by atoms with van der Waals surface area (Å²) in [6.45, 7) is 5.22. The number of nitrogen functional groups attached to an aromatic ring is 1. The molecule has 4 N–H and O–H groups in total. The van der Waals surface area contributed by atoms with Crippen LogP contribution in [0.2, 0.25) is 0 Å². The summed E-state index contributed by atoms with van der Waals surface area (Å²) in [6.07, 6.45) is 2.37. The molecule has 1 amide bonds. The fraction of sp³-hybridized carbons (Fsp3) is 0.238. The van der Waals surface area contributed by atoms with Gasteiger partial charge >= 0.3 is 0 Å². The number of benzene rings is 1. The Morgan fingerprint density at radius 3 is 2.77 bits per heavy atom. The number of nitrogens with zero attached hydrogens (tertiary/aromatic N) is 4. The molecule has 3 aromatic heterocycles. The van der Waals surface area contributed by atoms with E-state index in [0.717, 1.165) is 27.6 Å². The maximum absolute atomic E-state index is 11.9. The van der Waals surface area contributed by atoms with Crippen LogP contribution in [0.3, 0.4) is 0 Å². The van der Waals surface area contributed by atoms with Gasteiger partial charge < -0.3 is 16.2 Å². The summed E-state index contributed by atoms with van der Waals surface area (Å²) in [6, 6.07) is 7.66. The third-order valence-corrected chi connectivity index (χ3v) is 5.76. The first-order chi connectivity index (χ1) is 14.3. The molecule has 0 spiro atoms. The topological polar surface area (TPSA) is 118 Å². The van der Waals surface area contributed by atoms with Gasteiger partial charge in [-0.1, -0.05) is 11.6 Å². The van der Waals surface area contributed by atoms with E-state index in [1.54, 1.807) is 23.8 Å². The highest BCUT2D eigenvalue weighted by molar-refractivity contribution is 9.10. The van der Waals surface area contributed by atoms with Crippen molar-refractivity contribution in [3.05, 3.63) is 52.4 Å². The van der Waals surface area contributed by atoms with E-state index >= 15 is 0 Å². The number of aliphatic hydroxyl groups excluding tert-OH is 1. The molecule has 1 unspecified atom stereocenters. The first-order valence-electron chi connectivity index (χ1n) is 9.44. The predicted octanol–water partition coefficient (Wildman–Crippen LogP) is 3.16. The van der Waals surface area contributed by atoms with Gasteiger partial charge in [0, 0.05) is 22.7 Å². The molecule has 0 radical (unpaired) electrons. The molecule has 0 fully saturated rings. The summed E-state index contributed by atoms with van der Waals surface area (Å²) in [5, 5.41) is 17.6. The standard InChI is InChI=1S/C21H21BrN6O2/c1-10-4-5-16-13(6-10)7-14(8-24-16)15-9-25-28-19(23)17(22)18(27-20(15)28)11(2)26-21(30)12(3)29/h4-9,11-12,29H,23H2,1-3H3,(H,26,30)/t11?,12-/m0/s1. The highest BCUT2D eigenvalue weighted by Gasteiger charge is 2.22. The second kappa shape index (κ2) is 7.66. The van der Waals surface area contributed by atoms with Crippen molar-refractivity contribution in [1.82, 2.24) is 24.9 Å². The van der Waals surface area contributed by atoms with E-state index in [9.17, 15) is 9.90 Å². The van der Waals surface area contributed by atoms with Crippen LogP contribution in [-0.4, -0.2) is 36.7 Å². The Morgan fingerprint density at radius 2 is 2.03 bits per heavy atom. The number of halogens is 1. The Kier molecular flexibility index (Phi) is 5.17. The molecule has 0 saturated carbocycles. The smallest absolute Gasteiger partial charge is 0.249 e. The van der Waals surface area contributed by atoms with Crippen molar-refractivity contribution < 1.29 is 9.90 Å². The second-order valence-electron chi connectivity index (χ2n) is 7.32. The number of carbonyl (C=O) groups excluding carboxylic acids is 1. The number of aliphatic hydroxyl groups is 1. The maximum atomic E-state index is 11.9. The lowest BCUT2D eigenvalue weighted by atomic mass is 10.1. The van der Waals surface area contributed by atoms with Crippen molar-refractivity contribution in [3.63, 3.8) is 0 Å². The molecule has 3 heterocycles. The summed E-state index contributed by atoms with van der Waals surface area (Å²) < 4.78 is 2.09. The number of aryl methyl sites for hydroxylation is 1. The molecular weight excluding hydrogens is 448 g/mol. The Labute approximate surface area is 181 Å². The van der Waals surface area contributed by atoms with Crippen molar-refractivity contribution in [1.29, 1.82) is 0 Å². The van der Waals surface area contributed by atoms with E-state index in [0.29, 0.717) is 21.6 Å². The van der Waals surface area contributed by atoms with E-state index in [2.05, 4.69) is 37.4 Å². The highest BCUT2D eigenvalue weighted by atomic mass is 79.9. The van der Waals surface area contributed by atoms with Gasteiger partial charge in [0.05, 0.1) is 27.9 Å². The summed E-state index contributed by atoms with van der Waals surface area (Å²) in [4.78, 5) is 21.2. The number of hydrogen-bond donors (Lipinski definition) is 3. The number of rotatable bonds is 4. The minimum Gasteiger partial charge on any atom is -0.384 e. The zero-order valence-electron chi connectivity index (χ0n) is 16.7. The molecule has 0 aliphatic carbocycles. The van der Waals surface area contributed by atoms with Crippen LogP contribution in [0, 0.1) is 6.92 Å². The van der Waals surface area contributed by atoms with Gasteiger partial charge in [0.2, 0.25) is 5.91 Å². The quantitative estimate of drug-likeness (QED) is 0.423. The van der Waals surface area contributed by atoms with Crippen molar-refractivity contribution in [2.45, 2.75) is 32.9 Å². The number of nitrogens with one attached hydrogen (secondary N) is 1. The molecule has 0 bridgehead atoms. The molecule has 0 aliphatic rings. The molecule has 8 nitrogen and oxygen atoms in total. The van der Waals surface area contributed by atoms with Crippen LogP contribution in [0.25, 0.3) is 27.7 Å². The van der Waals surface area contributed by atoms with Crippen molar-refractivity contribution >= 4 is 44.2 Å². The van der Waals surface area contributed by atoms with Crippen LogP contribution >= 0.6 is 15.9 Å². The first-order valence-corrected chi connectivity index (χ1v) is 10.2. The number of nitrogens with two attached hydrogens (primary N) is 1. The lowest BCUT2D eigenvalue weighted by Crippen LogP contribution is -2.35. The van der Waals surface area contributed by atoms with Crippen LogP contribution in [0.15, 0.2) is 41.1 Å². The summed E-state index contributed by atoms with van der Waals surface area (Å²) in [5.74, 6) is -0.124. The molecule has 30 heavy (non-hydrogen) atoms. The summed E-state index contributed by atoms with van der Waals surface area (Å²) in [5.41, 5.74) is 11.1. The molecule has 9 heteroatoms. The zero-order valence-corrected chi connectivity index (χ0v) is 18.3. The largest absolute Gasteiger partial charge is 0.384 e. The van der Waals surface area contributed by atoms with Gasteiger partial charge in [-0.05, 0) is 54.9 Å². The van der Waals surface area contributed by atoms with Gasteiger partial charge in [-0.3, -0.25) is 9.78 Å². The highest BCUT2D eigenvalue weighted by Crippen LogP contribution is 2.33. The van der Waals surface area contributed by atoms with Crippen molar-refractivity contribution in [2.24, 2.45) is 0 Å². The number of anilines is 1. The van der Waals surface area contributed by atoms with Crippen molar-refractivity contribution in [3.8, 4) is 11.1 Å². The molecule has 4 rings (SSSR count). The minimum atomic E-state index is -1.12. The van der Waals surface area contributed by atoms with Crippen LogP contribution in [0.1, 0.15) is 31.1 Å². The lowest BCUT2D eigenvalue weighted by molar-refractivity contribution is -0.129. The average Bonchev–Trinajstić information content (AvgIpc) is 3.13. The van der Waals surface area contributed by atoms with Crippen LogP contribution in [0.5, 0.6) is 0 Å². The summed E-state index contributed by atoms with van der Waals surface area (Å²) >= 11 is 3.46. The molecule has 0 saturated heterocycles. The molecular formula is C21H21BrN6O2. The molecule has 4 aromatic rings.